The molecule has 0 radical (unpaired) electrons. The van der Waals surface area contributed by atoms with Crippen LogP contribution in [-0.4, -0.2) is 81.3 Å². The van der Waals surface area contributed by atoms with Crippen LogP contribution in [0.3, 0.4) is 0 Å². The van der Waals surface area contributed by atoms with Gasteiger partial charge in [-0.3, -0.25) is 9.36 Å². The van der Waals surface area contributed by atoms with Gasteiger partial charge in [-0.25, -0.2) is 24.4 Å². The molecule has 2 aromatic heterocycles. The molecule has 15 heteroatoms. The van der Waals surface area contributed by atoms with Crippen molar-refractivity contribution in [3.63, 3.8) is 0 Å². The predicted octanol–water partition coefficient (Wildman–Crippen LogP) is 3.44. The van der Waals surface area contributed by atoms with Crippen LogP contribution in [0.25, 0.3) is 11.2 Å². The van der Waals surface area contributed by atoms with Gasteiger partial charge in [-0.1, -0.05) is 18.2 Å². The van der Waals surface area contributed by atoms with Crippen LogP contribution < -0.4 is 14.5 Å². The lowest BCUT2D eigenvalue weighted by atomic mass is 9.98. The van der Waals surface area contributed by atoms with E-state index in [9.17, 15) is 9.90 Å². The first-order chi connectivity index (χ1) is 19.2. The van der Waals surface area contributed by atoms with Gasteiger partial charge < -0.3 is 28.5 Å². The molecule has 224 valence electrons. The highest BCUT2D eigenvalue weighted by molar-refractivity contribution is 8.09. The number of aryl methyl sites for hydroxylation is 1. The number of ether oxygens (including phenoxy) is 2. The largest absolute Gasteiger partial charge is 0.462 e. The molecule has 0 unspecified atom stereocenters. The van der Waals surface area contributed by atoms with E-state index in [1.807, 2.05) is 20.2 Å². The molecule has 3 heterocycles. The zero-order chi connectivity index (χ0) is 30.1. The number of aliphatic hydroxyl groups excluding tert-OH is 1. The molecule has 1 aromatic carbocycles. The summed E-state index contributed by atoms with van der Waals surface area (Å²) < 4.78 is 40.9. The fraction of sp³-hybridized carbons (Fsp3) is 0.538. The lowest BCUT2D eigenvalue weighted by Gasteiger charge is -2.28. The Morgan fingerprint density at radius 1 is 1.29 bits per heavy atom. The number of para-hydroxylation sites is 1. The molecule has 0 spiro atoms. The lowest BCUT2D eigenvalue weighted by Crippen LogP contribution is -2.41. The Balaban J connectivity index is 1.57. The standard InChI is InChI=1S/C26H36FN6O6PS/c1-15(2)37-24(35)16(3)31-40(41,39-18-11-9-8-10-12-18)36-13-19-21(34)26(5,27)25(38-19)33-14-28-20-22(32(6)7)29-17(4)30-23(20)33/h8-12,14-16,19,21,25,34H,13H2,1-7H3,(H,31,41)/t16-,19-,21-,25-,26-,40+/m1/s1. The Morgan fingerprint density at radius 2 is 1.98 bits per heavy atom. The quantitative estimate of drug-likeness (QED) is 0.243. The van der Waals surface area contributed by atoms with Crippen molar-refractivity contribution in [1.29, 1.82) is 0 Å². The summed E-state index contributed by atoms with van der Waals surface area (Å²) in [5, 5.41) is 13.9. The lowest BCUT2D eigenvalue weighted by molar-refractivity contribution is -0.149. The summed E-state index contributed by atoms with van der Waals surface area (Å²) in [6.45, 7) is 4.25. The van der Waals surface area contributed by atoms with Crippen LogP contribution in [0.2, 0.25) is 0 Å². The fourth-order valence-electron chi connectivity index (χ4n) is 4.35. The van der Waals surface area contributed by atoms with Gasteiger partial charge in [-0.05, 0) is 58.6 Å². The molecule has 0 bridgehead atoms. The third-order valence-electron chi connectivity index (χ3n) is 6.34. The first-order valence-electron chi connectivity index (χ1n) is 13.1. The van der Waals surface area contributed by atoms with E-state index in [1.165, 1.54) is 17.8 Å². The van der Waals surface area contributed by atoms with E-state index in [2.05, 4.69) is 20.0 Å². The van der Waals surface area contributed by atoms with E-state index in [-0.39, 0.29) is 12.7 Å². The fourth-order valence-corrected chi connectivity index (χ4v) is 6.76. The number of hydrogen-bond acceptors (Lipinski definition) is 11. The summed E-state index contributed by atoms with van der Waals surface area (Å²) in [6.07, 6.45) is -2.92. The highest BCUT2D eigenvalue weighted by Gasteiger charge is 2.56. The molecule has 6 atom stereocenters. The van der Waals surface area contributed by atoms with Crippen molar-refractivity contribution in [2.75, 3.05) is 25.6 Å². The molecule has 1 aliphatic heterocycles. The molecule has 41 heavy (non-hydrogen) atoms. The molecule has 1 fully saturated rings. The van der Waals surface area contributed by atoms with E-state index in [1.54, 1.807) is 56.9 Å². The highest BCUT2D eigenvalue weighted by atomic mass is 32.5. The number of hydrogen-bond donors (Lipinski definition) is 2. The summed E-state index contributed by atoms with van der Waals surface area (Å²) in [5.41, 5.74) is -1.42. The van der Waals surface area contributed by atoms with Crippen molar-refractivity contribution in [3.8, 4) is 5.75 Å². The summed E-state index contributed by atoms with van der Waals surface area (Å²) >= 11 is 5.73. The number of fused-ring (bicyclic) bond motifs is 1. The number of aliphatic hydroxyl groups is 1. The van der Waals surface area contributed by atoms with Crippen molar-refractivity contribution in [2.45, 2.75) is 70.9 Å². The first-order valence-corrected chi connectivity index (χ1v) is 15.7. The Bertz CT molecular complexity index is 1420. The van der Waals surface area contributed by atoms with E-state index in [0.717, 1.165) is 0 Å². The monoisotopic (exact) mass is 610 g/mol. The molecule has 0 saturated carbocycles. The number of rotatable bonds is 11. The maximum Gasteiger partial charge on any atom is 0.323 e. The number of aromatic nitrogens is 4. The molecule has 1 aliphatic rings. The number of carbonyl (C=O) groups is 1. The summed E-state index contributed by atoms with van der Waals surface area (Å²) in [7, 11) is 3.64. The smallest absolute Gasteiger partial charge is 0.323 e. The third kappa shape index (κ3) is 6.85. The average Bonchev–Trinajstić information content (AvgIpc) is 3.40. The zero-order valence-corrected chi connectivity index (χ0v) is 25.7. The summed E-state index contributed by atoms with van der Waals surface area (Å²) in [4.78, 5) is 27.6. The van der Waals surface area contributed by atoms with Crippen LogP contribution in [0.4, 0.5) is 10.2 Å². The number of nitrogens with one attached hydrogen (secondary N) is 1. The maximum absolute atomic E-state index is 16.1. The second-order valence-electron chi connectivity index (χ2n) is 10.5. The number of imidazole rings is 1. The number of carbonyl (C=O) groups excluding carboxylic acids is 1. The molecule has 3 aromatic rings. The number of benzene rings is 1. The van der Waals surface area contributed by atoms with Gasteiger partial charge >= 0.3 is 12.6 Å². The van der Waals surface area contributed by atoms with Gasteiger partial charge in [0.25, 0.3) is 0 Å². The van der Waals surface area contributed by atoms with Crippen LogP contribution in [0.5, 0.6) is 5.75 Å². The molecule has 0 amide bonds. The van der Waals surface area contributed by atoms with E-state index in [0.29, 0.717) is 28.6 Å². The molecule has 2 N–H and O–H groups in total. The van der Waals surface area contributed by atoms with Crippen LogP contribution >= 0.6 is 6.64 Å². The number of alkyl halides is 1. The Hall–Kier alpha value is -2.74. The van der Waals surface area contributed by atoms with Crippen LogP contribution in [-0.2, 0) is 30.6 Å². The second-order valence-corrected chi connectivity index (χ2v) is 13.6. The summed E-state index contributed by atoms with van der Waals surface area (Å²) in [5.74, 6) is 0.909. The van der Waals surface area contributed by atoms with Crippen LogP contribution in [0.15, 0.2) is 36.7 Å². The van der Waals surface area contributed by atoms with Crippen LogP contribution in [0.1, 0.15) is 39.7 Å². The molecular weight excluding hydrogens is 574 g/mol. The van der Waals surface area contributed by atoms with Crippen molar-refractivity contribution in [3.05, 3.63) is 42.5 Å². The minimum atomic E-state index is -3.43. The van der Waals surface area contributed by atoms with Crippen molar-refractivity contribution in [2.24, 2.45) is 0 Å². The molecule has 12 nitrogen and oxygen atoms in total. The highest BCUT2D eigenvalue weighted by Crippen LogP contribution is 2.48. The number of anilines is 1. The first kappa shape index (κ1) is 31.2. The number of esters is 1. The third-order valence-corrected chi connectivity index (χ3v) is 8.84. The van der Waals surface area contributed by atoms with Gasteiger partial charge in [0.15, 0.2) is 28.9 Å². The van der Waals surface area contributed by atoms with E-state index < -0.39 is 42.8 Å². The Kier molecular flexibility index (Phi) is 9.32. The minimum absolute atomic E-state index is 0.330. The van der Waals surface area contributed by atoms with Crippen molar-refractivity contribution in [1.82, 2.24) is 24.6 Å². The van der Waals surface area contributed by atoms with Crippen LogP contribution in [0, 0.1) is 6.92 Å². The van der Waals surface area contributed by atoms with E-state index >= 15 is 4.39 Å². The zero-order valence-electron chi connectivity index (χ0n) is 24.0. The average molecular weight is 611 g/mol. The molecule has 4 rings (SSSR count). The molecule has 0 aliphatic carbocycles. The Morgan fingerprint density at radius 3 is 2.61 bits per heavy atom. The van der Waals surface area contributed by atoms with E-state index in [4.69, 9.17) is 30.3 Å². The van der Waals surface area contributed by atoms with Gasteiger partial charge in [0.1, 0.15) is 29.8 Å². The summed E-state index contributed by atoms with van der Waals surface area (Å²) in [6, 6.07) is 7.84. The molecular formula is C26H36FN6O6PS. The predicted molar refractivity (Wildman–Crippen MR) is 155 cm³/mol. The van der Waals surface area contributed by atoms with Crippen molar-refractivity contribution < 1.29 is 32.8 Å². The number of nitrogens with zero attached hydrogens (tertiary/aromatic N) is 5. The van der Waals surface area contributed by atoms with Gasteiger partial charge in [0.05, 0.1) is 19.0 Å². The van der Waals surface area contributed by atoms with Crippen molar-refractivity contribution >= 4 is 41.4 Å². The SMILES string of the molecule is Cc1nc(N(C)C)c2ncn([C@@H]3O[C@H](CO[P@@](=S)(N[C@H](C)C(=O)OC(C)C)Oc4ccccc4)[C@@H](O)[C@@]3(C)F)c2n1. The normalized spacial score (nSPS) is 24.8. The van der Waals surface area contributed by atoms with Gasteiger partial charge in [-0.15, -0.1) is 0 Å². The Labute approximate surface area is 243 Å². The minimum Gasteiger partial charge on any atom is -0.462 e. The van der Waals surface area contributed by atoms with Gasteiger partial charge in [0, 0.05) is 14.1 Å². The topological polar surface area (TPSA) is 133 Å². The van der Waals surface area contributed by atoms with Gasteiger partial charge in [-0.2, -0.15) is 0 Å². The molecule has 1 saturated heterocycles. The maximum atomic E-state index is 16.1. The second kappa shape index (κ2) is 12.2. The number of halogens is 1. The van der Waals surface area contributed by atoms with Gasteiger partial charge in [0.2, 0.25) is 0 Å².